The second-order valence-electron chi connectivity index (χ2n) is 12.5. The second-order valence-corrected chi connectivity index (χ2v) is 12.5. The number of likely N-dealkylation sites (tertiary alicyclic amines) is 1. The van der Waals surface area contributed by atoms with E-state index >= 15 is 0 Å². The highest BCUT2D eigenvalue weighted by Gasteiger charge is 2.72. The van der Waals surface area contributed by atoms with E-state index in [0.29, 0.717) is 18.7 Å². The van der Waals surface area contributed by atoms with Gasteiger partial charge in [-0.05, 0) is 57.5 Å². The third-order valence-electron chi connectivity index (χ3n) is 9.43. The van der Waals surface area contributed by atoms with Crippen LogP contribution in [0.1, 0.15) is 49.7 Å². The molecular formula is C34H42N4O4. The average Bonchev–Trinajstić information content (AvgIpc) is 3.63. The van der Waals surface area contributed by atoms with Gasteiger partial charge in [-0.25, -0.2) is 0 Å². The molecule has 0 radical (unpaired) electrons. The molecular weight excluding hydrogens is 528 g/mol. The number of fused-ring (bicyclic) bond motifs is 1. The van der Waals surface area contributed by atoms with Gasteiger partial charge in [0.25, 0.3) is 0 Å². The smallest absolute Gasteiger partial charge is 0.246 e. The Morgan fingerprint density at radius 2 is 1.76 bits per heavy atom. The predicted molar refractivity (Wildman–Crippen MR) is 161 cm³/mol. The Morgan fingerprint density at radius 1 is 1.02 bits per heavy atom. The monoisotopic (exact) mass is 570 g/mol. The lowest BCUT2D eigenvalue weighted by molar-refractivity contribution is -0.141. The molecule has 5 atom stereocenters. The molecule has 1 aliphatic carbocycles. The van der Waals surface area contributed by atoms with E-state index < -0.39 is 29.6 Å². The molecule has 8 nitrogen and oxygen atoms in total. The third-order valence-corrected chi connectivity index (χ3v) is 9.43. The first-order valence-corrected chi connectivity index (χ1v) is 15.4. The summed E-state index contributed by atoms with van der Waals surface area (Å²) in [5.41, 5.74) is 1.88. The topological polar surface area (TPSA) is 91.0 Å². The Kier molecular flexibility index (Phi) is 8.19. The number of nitrogens with zero attached hydrogens (tertiary/aromatic N) is 2. The maximum Gasteiger partial charge on any atom is 0.246 e. The summed E-state index contributed by atoms with van der Waals surface area (Å²) in [5.74, 6) is -2.01. The summed E-state index contributed by atoms with van der Waals surface area (Å²) >= 11 is 0. The number of amides is 3. The fourth-order valence-electron chi connectivity index (χ4n) is 7.38. The lowest BCUT2D eigenvalue weighted by atomic mass is 9.74. The van der Waals surface area contributed by atoms with Crippen LogP contribution >= 0.6 is 0 Å². The summed E-state index contributed by atoms with van der Waals surface area (Å²) in [5, 5.41) is 6.27. The summed E-state index contributed by atoms with van der Waals surface area (Å²) in [6.07, 6.45) is 9.23. The Hall–Kier alpha value is -3.49. The van der Waals surface area contributed by atoms with Gasteiger partial charge in [0.1, 0.15) is 11.6 Å². The van der Waals surface area contributed by atoms with E-state index in [0.717, 1.165) is 44.3 Å². The van der Waals surface area contributed by atoms with E-state index in [9.17, 15) is 14.4 Å². The molecule has 3 heterocycles. The van der Waals surface area contributed by atoms with Crippen LogP contribution in [0.3, 0.4) is 0 Å². The minimum absolute atomic E-state index is 0.110. The minimum Gasteiger partial charge on any atom is -0.359 e. The van der Waals surface area contributed by atoms with Crippen molar-refractivity contribution in [2.45, 2.75) is 75.8 Å². The molecule has 42 heavy (non-hydrogen) atoms. The first-order valence-electron chi connectivity index (χ1n) is 15.4. The maximum atomic E-state index is 14.2. The third kappa shape index (κ3) is 5.50. The molecule has 3 amide bonds. The molecule has 5 unspecified atom stereocenters. The SMILES string of the molecule is Cc1ccc(NC(=O)C2C3C=CC4(O3)C2C(=O)N(CCCN(C)Cc2ccccc2)C4C(=O)NC2CCCCC2)cc1. The van der Waals surface area contributed by atoms with Crippen LogP contribution in [-0.4, -0.2) is 71.4 Å². The van der Waals surface area contributed by atoms with Gasteiger partial charge in [-0.2, -0.15) is 0 Å². The zero-order valence-corrected chi connectivity index (χ0v) is 24.6. The van der Waals surface area contributed by atoms with Crippen LogP contribution < -0.4 is 10.6 Å². The number of aryl methyl sites for hydroxylation is 1. The zero-order valence-electron chi connectivity index (χ0n) is 24.6. The van der Waals surface area contributed by atoms with Gasteiger partial charge in [-0.1, -0.05) is 79.4 Å². The van der Waals surface area contributed by atoms with Crippen molar-refractivity contribution in [2.75, 3.05) is 25.5 Å². The molecule has 1 spiro atoms. The largest absolute Gasteiger partial charge is 0.359 e. The number of carbonyl (C=O) groups is 3. The number of benzene rings is 2. The van der Waals surface area contributed by atoms with Crippen LogP contribution in [0.2, 0.25) is 0 Å². The Morgan fingerprint density at radius 3 is 2.50 bits per heavy atom. The van der Waals surface area contributed by atoms with Gasteiger partial charge in [-0.3, -0.25) is 14.4 Å². The van der Waals surface area contributed by atoms with Crippen molar-refractivity contribution in [1.29, 1.82) is 0 Å². The molecule has 6 rings (SSSR count). The number of nitrogens with one attached hydrogen (secondary N) is 2. The molecule has 1 saturated carbocycles. The highest BCUT2D eigenvalue weighted by atomic mass is 16.5. The van der Waals surface area contributed by atoms with Crippen molar-refractivity contribution in [2.24, 2.45) is 11.8 Å². The second kappa shape index (κ2) is 12.0. The number of hydrogen-bond acceptors (Lipinski definition) is 5. The van der Waals surface area contributed by atoms with Crippen molar-refractivity contribution < 1.29 is 19.1 Å². The molecule has 2 aromatic rings. The van der Waals surface area contributed by atoms with Crippen molar-refractivity contribution in [3.8, 4) is 0 Å². The van der Waals surface area contributed by atoms with E-state index in [1.807, 2.05) is 61.5 Å². The van der Waals surface area contributed by atoms with Crippen LogP contribution in [-0.2, 0) is 25.7 Å². The quantitative estimate of drug-likeness (QED) is 0.421. The normalized spacial score (nSPS) is 28.4. The molecule has 222 valence electrons. The standard InChI is InChI=1S/C34H42N4O4/c1-23-14-16-26(17-15-23)35-31(39)28-27-18-19-34(42-27)29(28)33(41)38(30(34)32(40)36-25-12-7-4-8-13-25)21-9-20-37(2)22-24-10-5-3-6-11-24/h3,5-6,10-11,14-19,25,27-30H,4,7-9,12-13,20-22H2,1-2H3,(H,35,39)(H,36,40). The zero-order chi connectivity index (χ0) is 29.3. The molecule has 3 fully saturated rings. The number of hydrogen-bond donors (Lipinski definition) is 2. The molecule has 4 aliphatic rings. The van der Waals surface area contributed by atoms with Gasteiger partial charge in [0.05, 0.1) is 17.9 Å². The Labute approximate surface area is 248 Å². The molecule has 2 aromatic carbocycles. The summed E-state index contributed by atoms with van der Waals surface area (Å²) < 4.78 is 6.50. The molecule has 2 saturated heterocycles. The number of anilines is 1. The van der Waals surface area contributed by atoms with E-state index in [-0.39, 0.29) is 23.8 Å². The van der Waals surface area contributed by atoms with E-state index in [4.69, 9.17) is 4.74 Å². The number of carbonyl (C=O) groups excluding carboxylic acids is 3. The fourth-order valence-corrected chi connectivity index (χ4v) is 7.38. The fraction of sp³-hybridized carbons (Fsp3) is 0.500. The molecule has 2 N–H and O–H groups in total. The van der Waals surface area contributed by atoms with Crippen LogP contribution in [0.4, 0.5) is 5.69 Å². The predicted octanol–water partition coefficient (Wildman–Crippen LogP) is 4.06. The average molecular weight is 571 g/mol. The lowest BCUT2D eigenvalue weighted by Crippen LogP contribution is -2.56. The Bertz CT molecular complexity index is 1320. The molecule has 2 bridgehead atoms. The van der Waals surface area contributed by atoms with Gasteiger partial charge in [0.2, 0.25) is 17.7 Å². The summed E-state index contributed by atoms with van der Waals surface area (Å²) in [7, 11) is 2.07. The maximum absolute atomic E-state index is 14.2. The van der Waals surface area contributed by atoms with Gasteiger partial charge in [-0.15, -0.1) is 0 Å². The molecule has 3 aliphatic heterocycles. The summed E-state index contributed by atoms with van der Waals surface area (Å²) in [6.45, 7) is 3.99. The van der Waals surface area contributed by atoms with E-state index in [1.54, 1.807) is 4.90 Å². The summed E-state index contributed by atoms with van der Waals surface area (Å²) in [4.78, 5) is 45.8. The van der Waals surface area contributed by atoms with Crippen LogP contribution in [0.5, 0.6) is 0 Å². The summed E-state index contributed by atoms with van der Waals surface area (Å²) in [6, 6.07) is 17.2. The van der Waals surface area contributed by atoms with Crippen molar-refractivity contribution >= 4 is 23.4 Å². The highest BCUT2D eigenvalue weighted by Crippen LogP contribution is 2.55. The van der Waals surface area contributed by atoms with E-state index in [1.165, 1.54) is 12.0 Å². The van der Waals surface area contributed by atoms with Crippen molar-refractivity contribution in [3.05, 3.63) is 77.9 Å². The number of ether oxygens (including phenoxy) is 1. The van der Waals surface area contributed by atoms with Crippen molar-refractivity contribution in [1.82, 2.24) is 15.1 Å². The van der Waals surface area contributed by atoms with E-state index in [2.05, 4.69) is 34.7 Å². The van der Waals surface area contributed by atoms with Gasteiger partial charge >= 0.3 is 0 Å². The molecule has 0 aromatic heterocycles. The van der Waals surface area contributed by atoms with Crippen LogP contribution in [0.15, 0.2) is 66.7 Å². The first-order chi connectivity index (χ1) is 20.4. The van der Waals surface area contributed by atoms with Gasteiger partial charge < -0.3 is 25.2 Å². The van der Waals surface area contributed by atoms with Crippen molar-refractivity contribution in [3.63, 3.8) is 0 Å². The van der Waals surface area contributed by atoms with Gasteiger partial charge in [0, 0.05) is 24.8 Å². The van der Waals surface area contributed by atoms with Crippen LogP contribution in [0.25, 0.3) is 0 Å². The molecule has 8 heteroatoms. The Balaban J connectivity index is 1.21. The number of rotatable bonds is 10. The lowest BCUT2D eigenvalue weighted by Gasteiger charge is -2.34. The van der Waals surface area contributed by atoms with Gasteiger partial charge in [0.15, 0.2) is 0 Å². The van der Waals surface area contributed by atoms with Crippen LogP contribution in [0, 0.1) is 18.8 Å². The first kappa shape index (κ1) is 28.6. The minimum atomic E-state index is -1.13. The highest BCUT2D eigenvalue weighted by molar-refractivity contribution is 6.02.